The summed E-state index contributed by atoms with van der Waals surface area (Å²) < 4.78 is 19.8. The SMILES string of the molecule is C=CS(C)(=O)=O.CCC(C)=O.CN1C(=O)C=CC1=O.CSSc1ccccn1. The maximum atomic E-state index is 10.4. The van der Waals surface area contributed by atoms with Gasteiger partial charge in [0.25, 0.3) is 11.8 Å². The van der Waals surface area contributed by atoms with Crippen molar-refractivity contribution in [1.82, 2.24) is 9.88 Å². The van der Waals surface area contributed by atoms with E-state index in [-0.39, 0.29) is 17.6 Å². The largest absolute Gasteiger partial charge is 0.300 e. The van der Waals surface area contributed by atoms with Crippen LogP contribution in [0.4, 0.5) is 0 Å². The normalized spacial score (nSPS) is 12.0. The van der Waals surface area contributed by atoms with E-state index in [9.17, 15) is 22.8 Å². The second-order valence-corrected chi connectivity index (χ2v) is 9.45. The first kappa shape index (κ1) is 28.3. The fourth-order valence-corrected chi connectivity index (χ4v) is 2.17. The number of rotatable bonds is 4. The van der Waals surface area contributed by atoms with Gasteiger partial charge in [0.2, 0.25) is 0 Å². The molecule has 0 aliphatic carbocycles. The van der Waals surface area contributed by atoms with Gasteiger partial charge in [-0.05, 0) is 36.1 Å². The third-order valence-electron chi connectivity index (χ3n) is 2.64. The van der Waals surface area contributed by atoms with Crippen LogP contribution in [0.25, 0.3) is 0 Å². The molecule has 0 N–H and O–H groups in total. The van der Waals surface area contributed by atoms with Crippen LogP contribution in [0.2, 0.25) is 0 Å². The Hall–Kier alpha value is -1.91. The van der Waals surface area contributed by atoms with E-state index in [0.717, 1.165) is 21.6 Å². The number of ketones is 1. The van der Waals surface area contributed by atoms with Gasteiger partial charge in [0, 0.05) is 43.5 Å². The summed E-state index contributed by atoms with van der Waals surface area (Å²) in [7, 11) is 1.94. The van der Waals surface area contributed by atoms with E-state index in [1.54, 1.807) is 34.7 Å². The fraction of sp³-hybridized carbons (Fsp3) is 0.333. The summed E-state index contributed by atoms with van der Waals surface area (Å²) in [4.78, 5) is 35.8. The van der Waals surface area contributed by atoms with E-state index in [0.29, 0.717) is 6.42 Å². The number of carbonyl (C=O) groups excluding carboxylic acids is 3. The maximum absolute atomic E-state index is 10.4. The first-order valence-electron chi connectivity index (χ1n) is 7.91. The van der Waals surface area contributed by atoms with E-state index >= 15 is 0 Å². The first-order chi connectivity index (χ1) is 13.0. The fourth-order valence-electron chi connectivity index (χ4n) is 0.957. The molecule has 28 heavy (non-hydrogen) atoms. The van der Waals surface area contributed by atoms with Crippen molar-refractivity contribution in [3.8, 4) is 0 Å². The molecule has 0 aromatic carbocycles. The molecule has 1 aromatic rings. The molecule has 7 nitrogen and oxygen atoms in total. The number of imide groups is 1. The summed E-state index contributed by atoms with van der Waals surface area (Å²) in [5.74, 6) is -0.227. The highest BCUT2D eigenvalue weighted by molar-refractivity contribution is 8.76. The average molecular weight is 447 g/mol. The number of aromatic nitrogens is 1. The van der Waals surface area contributed by atoms with Crippen LogP contribution in [0.3, 0.4) is 0 Å². The zero-order chi connectivity index (χ0) is 22.2. The predicted molar refractivity (Wildman–Crippen MR) is 117 cm³/mol. The van der Waals surface area contributed by atoms with Crippen molar-refractivity contribution in [2.24, 2.45) is 0 Å². The lowest BCUT2D eigenvalue weighted by atomic mass is 10.4. The van der Waals surface area contributed by atoms with Crippen LogP contribution in [0, 0.1) is 0 Å². The summed E-state index contributed by atoms with van der Waals surface area (Å²) >= 11 is 0. The van der Waals surface area contributed by atoms with Crippen LogP contribution in [0.15, 0.2) is 53.6 Å². The summed E-state index contributed by atoms with van der Waals surface area (Å²) in [5.41, 5.74) is 0. The Morgan fingerprint density at radius 2 is 1.71 bits per heavy atom. The molecule has 0 atom stereocenters. The topological polar surface area (TPSA) is 101 Å². The summed E-state index contributed by atoms with van der Waals surface area (Å²) in [6.45, 7) is 6.48. The molecule has 1 aliphatic heterocycles. The number of pyridine rings is 1. The Morgan fingerprint density at radius 1 is 1.25 bits per heavy atom. The molecule has 0 bridgehead atoms. The summed E-state index contributed by atoms with van der Waals surface area (Å²) in [6, 6.07) is 5.91. The van der Waals surface area contributed by atoms with Crippen molar-refractivity contribution in [3.63, 3.8) is 0 Å². The second-order valence-electron chi connectivity index (χ2n) is 5.04. The van der Waals surface area contributed by atoms with Crippen molar-refractivity contribution in [3.05, 3.63) is 48.5 Å². The lowest BCUT2D eigenvalue weighted by Crippen LogP contribution is -2.24. The highest BCUT2D eigenvalue weighted by atomic mass is 33.1. The van der Waals surface area contributed by atoms with Gasteiger partial charge < -0.3 is 4.79 Å². The summed E-state index contributed by atoms with van der Waals surface area (Å²) in [6.07, 6.45) is 8.11. The number of sulfone groups is 1. The van der Waals surface area contributed by atoms with E-state index in [1.807, 2.05) is 31.4 Å². The lowest BCUT2D eigenvalue weighted by molar-refractivity contribution is -0.135. The minimum atomic E-state index is -2.90. The number of carbonyl (C=O) groups is 3. The van der Waals surface area contributed by atoms with Gasteiger partial charge in [-0.1, -0.05) is 30.4 Å². The molecule has 1 aliphatic rings. The Kier molecular flexibility index (Phi) is 16.3. The van der Waals surface area contributed by atoms with Gasteiger partial charge >= 0.3 is 0 Å². The molecule has 0 saturated heterocycles. The van der Waals surface area contributed by atoms with Crippen molar-refractivity contribution >= 4 is 49.0 Å². The minimum absolute atomic E-state index is 0.241. The molecular formula is C18H26N2O5S3. The Labute approximate surface area is 175 Å². The zero-order valence-electron chi connectivity index (χ0n) is 16.6. The molecule has 0 radical (unpaired) electrons. The van der Waals surface area contributed by atoms with Crippen molar-refractivity contribution in [1.29, 1.82) is 0 Å². The van der Waals surface area contributed by atoms with E-state index in [2.05, 4.69) is 11.6 Å². The van der Waals surface area contributed by atoms with E-state index in [1.165, 1.54) is 19.2 Å². The number of amides is 2. The number of hydrogen-bond donors (Lipinski definition) is 0. The van der Waals surface area contributed by atoms with Gasteiger partial charge in [-0.15, -0.1) is 0 Å². The molecule has 0 spiro atoms. The monoisotopic (exact) mass is 446 g/mol. The number of Topliss-reactive ketones (excluding diaryl/α,β-unsaturated/α-hetero) is 1. The van der Waals surface area contributed by atoms with Crippen LogP contribution < -0.4 is 0 Å². The lowest BCUT2D eigenvalue weighted by Gasteiger charge is -2.01. The average Bonchev–Trinajstić information content (AvgIpc) is 2.95. The van der Waals surface area contributed by atoms with Crippen molar-refractivity contribution in [2.45, 2.75) is 25.3 Å². The van der Waals surface area contributed by atoms with Gasteiger partial charge in [-0.3, -0.25) is 14.5 Å². The maximum Gasteiger partial charge on any atom is 0.253 e. The third kappa shape index (κ3) is 17.5. The molecule has 156 valence electrons. The van der Waals surface area contributed by atoms with Gasteiger partial charge in [0.1, 0.15) is 10.8 Å². The van der Waals surface area contributed by atoms with Crippen molar-refractivity contribution in [2.75, 3.05) is 19.6 Å². The molecule has 1 aromatic heterocycles. The van der Waals surface area contributed by atoms with Crippen LogP contribution in [-0.2, 0) is 24.2 Å². The van der Waals surface area contributed by atoms with Gasteiger partial charge in [0.05, 0.1) is 0 Å². The number of likely N-dealkylation sites (N-methyl/N-ethyl adjacent to an activating group) is 1. The molecule has 2 rings (SSSR count). The van der Waals surface area contributed by atoms with E-state index < -0.39 is 9.84 Å². The summed E-state index contributed by atoms with van der Waals surface area (Å²) in [5, 5.41) is 1.98. The Morgan fingerprint density at radius 3 is 1.93 bits per heavy atom. The van der Waals surface area contributed by atoms with Crippen LogP contribution in [-0.4, -0.2) is 55.5 Å². The van der Waals surface area contributed by atoms with Crippen LogP contribution in [0.5, 0.6) is 0 Å². The Bertz CT molecular complexity index is 733. The number of nitrogens with zero attached hydrogens (tertiary/aromatic N) is 2. The van der Waals surface area contributed by atoms with Gasteiger partial charge in [0.15, 0.2) is 9.84 Å². The third-order valence-corrected chi connectivity index (χ3v) is 4.83. The van der Waals surface area contributed by atoms with Crippen molar-refractivity contribution < 1.29 is 22.8 Å². The van der Waals surface area contributed by atoms with Crippen LogP contribution >= 0.6 is 21.6 Å². The van der Waals surface area contributed by atoms with E-state index in [4.69, 9.17) is 0 Å². The van der Waals surface area contributed by atoms with Gasteiger partial charge in [-0.2, -0.15) is 0 Å². The molecule has 0 saturated carbocycles. The van der Waals surface area contributed by atoms with Crippen LogP contribution in [0.1, 0.15) is 20.3 Å². The molecule has 0 unspecified atom stereocenters. The zero-order valence-corrected chi connectivity index (χ0v) is 19.1. The minimum Gasteiger partial charge on any atom is -0.300 e. The first-order valence-corrected chi connectivity index (χ1v) is 12.4. The smallest absolute Gasteiger partial charge is 0.253 e. The highest BCUT2D eigenvalue weighted by Gasteiger charge is 2.17. The molecular weight excluding hydrogens is 420 g/mol. The quantitative estimate of drug-likeness (QED) is 0.513. The molecule has 10 heteroatoms. The highest BCUT2D eigenvalue weighted by Crippen LogP contribution is 2.25. The van der Waals surface area contributed by atoms with Gasteiger partial charge in [-0.25, -0.2) is 13.4 Å². The molecule has 2 amide bonds. The Balaban J connectivity index is 0. The molecule has 0 fully saturated rings. The molecule has 2 heterocycles. The standard InChI is InChI=1S/C6H7NS2.C5H5NO2.C4H8O.C3H6O2S/c1-8-9-6-4-2-3-5-7-6;1-6-4(7)2-3-5(6)8;1-3-4(2)5;1-3-6(2,4)5/h2-5H,1H3;2-3H,1H3;3H2,1-2H3;3H,1H2,2H3. The second kappa shape index (κ2) is 16.1. The number of hydrogen-bond acceptors (Lipinski definition) is 8. The predicted octanol–water partition coefficient (Wildman–Crippen LogP) is 3.15.